The second-order valence-electron chi connectivity index (χ2n) is 8.80. The summed E-state index contributed by atoms with van der Waals surface area (Å²) in [5, 5.41) is 18.2. The number of hydrogen-bond acceptors (Lipinski definition) is 9. The fourth-order valence-corrected chi connectivity index (χ4v) is 4.63. The first-order chi connectivity index (χ1) is 17.9. The van der Waals surface area contributed by atoms with E-state index in [1.54, 1.807) is 29.1 Å². The molecule has 2 heterocycles. The van der Waals surface area contributed by atoms with Crippen molar-refractivity contribution in [1.29, 1.82) is 0 Å². The third-order valence-electron chi connectivity index (χ3n) is 5.91. The van der Waals surface area contributed by atoms with Crippen molar-refractivity contribution in [1.82, 2.24) is 14.5 Å². The Morgan fingerprint density at radius 2 is 2.05 bits per heavy atom. The molecule has 0 unspecified atom stereocenters. The van der Waals surface area contributed by atoms with Crippen LogP contribution in [-0.2, 0) is 21.0 Å². The van der Waals surface area contributed by atoms with Crippen LogP contribution in [0.5, 0.6) is 5.75 Å². The minimum Gasteiger partial charge on any atom is -0.406 e. The Labute approximate surface area is 215 Å². The summed E-state index contributed by atoms with van der Waals surface area (Å²) in [6, 6.07) is 6.78. The number of nitrogens with zero attached hydrogens (tertiary/aromatic N) is 3. The molecular formula is C23H24F3N5O6S. The first-order valence-corrected chi connectivity index (χ1v) is 12.8. The Morgan fingerprint density at radius 3 is 2.79 bits per heavy atom. The number of hydrogen-bond donors (Lipinski definition) is 3. The van der Waals surface area contributed by atoms with Crippen molar-refractivity contribution < 1.29 is 40.4 Å². The maximum absolute atomic E-state index is 13.2. The number of nitrogens with two attached hydrogens (primary N) is 1. The van der Waals surface area contributed by atoms with Crippen LogP contribution in [0.1, 0.15) is 34.3 Å². The van der Waals surface area contributed by atoms with Crippen molar-refractivity contribution in [3.05, 3.63) is 71.9 Å². The van der Waals surface area contributed by atoms with Crippen LogP contribution >= 0.6 is 0 Å². The number of halogens is 3. The molecule has 1 saturated carbocycles. The molecule has 1 fully saturated rings. The van der Waals surface area contributed by atoms with Gasteiger partial charge in [0.1, 0.15) is 17.9 Å². The van der Waals surface area contributed by atoms with E-state index < -0.39 is 34.5 Å². The number of nitrogens with one attached hydrogen (secondary N) is 1. The number of alkyl halides is 3. The first-order valence-electron chi connectivity index (χ1n) is 11.3. The molecule has 0 saturated heterocycles. The molecule has 3 atom stereocenters. The van der Waals surface area contributed by atoms with E-state index in [4.69, 9.17) is 5.14 Å². The van der Waals surface area contributed by atoms with Gasteiger partial charge < -0.3 is 19.7 Å². The highest BCUT2D eigenvalue weighted by molar-refractivity contribution is 7.84. The van der Waals surface area contributed by atoms with Crippen molar-refractivity contribution in [3.8, 4) is 5.75 Å². The Hall–Kier alpha value is -3.53. The maximum Gasteiger partial charge on any atom is 0.573 e. The molecule has 1 aromatic carbocycles. The van der Waals surface area contributed by atoms with E-state index in [-0.39, 0.29) is 42.7 Å². The van der Waals surface area contributed by atoms with Crippen LogP contribution < -0.4 is 15.2 Å². The van der Waals surface area contributed by atoms with Crippen LogP contribution in [0, 0.1) is 5.92 Å². The molecule has 1 aliphatic rings. The number of carbonyl (C=O) groups is 1. The van der Waals surface area contributed by atoms with Gasteiger partial charge in [-0.1, -0.05) is 12.1 Å². The molecule has 15 heteroatoms. The standard InChI is InChI=1S/C23H24F3N5O6S/c24-23(25,26)37-18-3-1-2-14(6-18)10-31-5-4-15(11-31)21(33)19-9-28-13-29-22(19)30-17-7-16(20(32)8-17)12-36-38(27,34)35/h1-6,9,11,13,16-17,20,32H,7-8,10,12H2,(H2,27,34,35)(H,28,29,30)/t16-,17-,20+/m1/s1. The van der Waals surface area contributed by atoms with Crippen LogP contribution in [-0.4, -0.2) is 59.0 Å². The summed E-state index contributed by atoms with van der Waals surface area (Å²) in [7, 11) is -4.14. The zero-order valence-electron chi connectivity index (χ0n) is 19.7. The van der Waals surface area contributed by atoms with Gasteiger partial charge in [0.05, 0.1) is 18.3 Å². The van der Waals surface area contributed by atoms with Crippen molar-refractivity contribution >= 4 is 21.9 Å². The lowest BCUT2D eigenvalue weighted by Gasteiger charge is -2.15. The van der Waals surface area contributed by atoms with E-state index in [0.717, 1.165) is 0 Å². The average Bonchev–Trinajstić information content (AvgIpc) is 3.42. The van der Waals surface area contributed by atoms with E-state index in [2.05, 4.69) is 24.2 Å². The largest absolute Gasteiger partial charge is 0.573 e. The number of aliphatic hydroxyl groups excluding tert-OH is 1. The minimum absolute atomic E-state index is 0.171. The van der Waals surface area contributed by atoms with E-state index in [1.807, 2.05) is 0 Å². The lowest BCUT2D eigenvalue weighted by Crippen LogP contribution is -2.24. The van der Waals surface area contributed by atoms with Gasteiger partial charge in [-0.2, -0.15) is 8.42 Å². The smallest absolute Gasteiger partial charge is 0.406 e. The molecule has 1 aliphatic carbocycles. The van der Waals surface area contributed by atoms with Gasteiger partial charge in [-0.25, -0.2) is 15.1 Å². The summed E-state index contributed by atoms with van der Waals surface area (Å²) in [6.45, 7) is -0.0762. The third kappa shape index (κ3) is 7.50. The summed E-state index contributed by atoms with van der Waals surface area (Å²) >= 11 is 0. The Balaban J connectivity index is 1.43. The quantitative estimate of drug-likeness (QED) is 0.319. The zero-order valence-corrected chi connectivity index (χ0v) is 20.5. The topological polar surface area (TPSA) is 159 Å². The van der Waals surface area contributed by atoms with Gasteiger partial charge in [0, 0.05) is 42.7 Å². The fraction of sp³-hybridized carbons (Fsp3) is 0.348. The van der Waals surface area contributed by atoms with Gasteiger partial charge in [-0.15, -0.1) is 13.2 Å². The van der Waals surface area contributed by atoms with E-state index in [0.29, 0.717) is 17.5 Å². The predicted molar refractivity (Wildman–Crippen MR) is 127 cm³/mol. The molecule has 4 N–H and O–H groups in total. The second kappa shape index (κ2) is 11.1. The van der Waals surface area contributed by atoms with Crippen molar-refractivity contribution in [2.24, 2.45) is 11.1 Å². The van der Waals surface area contributed by atoms with Crippen molar-refractivity contribution in [2.75, 3.05) is 11.9 Å². The minimum atomic E-state index is -4.80. The van der Waals surface area contributed by atoms with Gasteiger partial charge >= 0.3 is 16.7 Å². The summed E-state index contributed by atoms with van der Waals surface area (Å²) in [5.74, 6) is -0.986. The molecule has 38 heavy (non-hydrogen) atoms. The molecule has 3 aromatic rings. The number of ketones is 1. The number of aromatic nitrogens is 3. The highest BCUT2D eigenvalue weighted by atomic mass is 32.2. The second-order valence-corrected chi connectivity index (χ2v) is 10.0. The summed E-state index contributed by atoms with van der Waals surface area (Å²) in [5.41, 5.74) is 1.01. The van der Waals surface area contributed by atoms with Crippen molar-refractivity contribution in [2.45, 2.75) is 37.9 Å². The third-order valence-corrected chi connectivity index (χ3v) is 6.38. The molecule has 2 aromatic heterocycles. The van der Waals surface area contributed by atoms with E-state index >= 15 is 0 Å². The predicted octanol–water partition coefficient (Wildman–Crippen LogP) is 2.23. The monoisotopic (exact) mass is 555 g/mol. The summed E-state index contributed by atoms with van der Waals surface area (Å²) in [6.07, 6.45) is 0.746. The van der Waals surface area contributed by atoms with Crippen LogP contribution in [0.3, 0.4) is 0 Å². The van der Waals surface area contributed by atoms with Gasteiger partial charge in [0.15, 0.2) is 5.78 Å². The van der Waals surface area contributed by atoms with E-state index in [9.17, 15) is 31.5 Å². The van der Waals surface area contributed by atoms with Crippen LogP contribution in [0.15, 0.2) is 55.2 Å². The number of anilines is 1. The molecule has 204 valence electrons. The first kappa shape index (κ1) is 27.5. The Morgan fingerprint density at radius 1 is 1.26 bits per heavy atom. The molecule has 0 radical (unpaired) electrons. The molecular weight excluding hydrogens is 531 g/mol. The van der Waals surface area contributed by atoms with Gasteiger partial charge in [0.2, 0.25) is 0 Å². The number of rotatable bonds is 10. The van der Waals surface area contributed by atoms with Crippen LogP contribution in [0.4, 0.5) is 19.0 Å². The highest BCUT2D eigenvalue weighted by Gasteiger charge is 2.35. The lowest BCUT2D eigenvalue weighted by atomic mass is 10.1. The Bertz CT molecular complexity index is 1400. The lowest BCUT2D eigenvalue weighted by molar-refractivity contribution is -0.274. The molecule has 0 aliphatic heterocycles. The molecule has 11 nitrogen and oxygen atoms in total. The van der Waals surface area contributed by atoms with E-state index in [1.165, 1.54) is 30.7 Å². The van der Waals surface area contributed by atoms with Gasteiger partial charge in [0.25, 0.3) is 0 Å². The average molecular weight is 556 g/mol. The summed E-state index contributed by atoms with van der Waals surface area (Å²) in [4.78, 5) is 21.3. The Kier molecular flexibility index (Phi) is 8.01. The number of carbonyl (C=O) groups excluding carboxylic acids is 1. The number of aliphatic hydroxyl groups is 1. The molecule has 0 amide bonds. The summed E-state index contributed by atoms with van der Waals surface area (Å²) < 4.78 is 69.8. The molecule has 0 bridgehead atoms. The normalized spacial score (nSPS) is 19.9. The maximum atomic E-state index is 13.2. The van der Waals surface area contributed by atoms with Gasteiger partial charge in [-0.3, -0.25) is 8.98 Å². The molecule has 0 spiro atoms. The fourth-order valence-electron chi connectivity index (χ4n) is 4.27. The highest BCUT2D eigenvalue weighted by Crippen LogP contribution is 2.30. The number of ether oxygens (including phenoxy) is 1. The van der Waals surface area contributed by atoms with Gasteiger partial charge in [-0.05, 0) is 36.6 Å². The SMILES string of the molecule is NS(=O)(=O)OC[C@H]1C[C@@H](Nc2ncncc2C(=O)c2ccn(Cc3cccc(OC(F)(F)F)c3)c2)C[C@@H]1O. The number of benzene rings is 1. The van der Waals surface area contributed by atoms with Crippen LogP contribution in [0.2, 0.25) is 0 Å². The van der Waals surface area contributed by atoms with Crippen LogP contribution in [0.25, 0.3) is 0 Å². The zero-order chi connectivity index (χ0) is 27.5. The van der Waals surface area contributed by atoms with Crippen molar-refractivity contribution in [3.63, 3.8) is 0 Å². The molecule has 4 rings (SSSR count).